The first-order valence-corrected chi connectivity index (χ1v) is 9.76. The Hall–Kier alpha value is -2.15. The van der Waals surface area contributed by atoms with Crippen LogP contribution in [-0.2, 0) is 16.0 Å². The molecule has 2 aliphatic heterocycles. The number of ether oxygens (including phenoxy) is 1. The van der Waals surface area contributed by atoms with E-state index in [4.69, 9.17) is 17.0 Å². The number of fused-ring (bicyclic) bond motifs is 4. The number of thiocarbonyl (C=S) groups is 1. The Kier molecular flexibility index (Phi) is 4.18. The second-order valence-electron chi connectivity index (χ2n) is 8.81. The molecule has 1 aromatic rings. The molecular formula is C20H25N3O3S. The molecule has 4 rings (SSSR count). The highest BCUT2D eigenvalue weighted by atomic mass is 32.1. The first-order valence-electron chi connectivity index (χ1n) is 9.36. The summed E-state index contributed by atoms with van der Waals surface area (Å²) < 4.78 is 5.56. The van der Waals surface area contributed by atoms with Crippen LogP contribution >= 0.6 is 12.2 Å². The zero-order chi connectivity index (χ0) is 19.4. The van der Waals surface area contributed by atoms with Gasteiger partial charge >= 0.3 is 6.09 Å². The van der Waals surface area contributed by atoms with Crippen LogP contribution in [0.2, 0.25) is 0 Å². The lowest BCUT2D eigenvalue weighted by Crippen LogP contribution is -2.61. The van der Waals surface area contributed by atoms with Crippen LogP contribution in [0.15, 0.2) is 24.3 Å². The zero-order valence-electron chi connectivity index (χ0n) is 15.9. The van der Waals surface area contributed by atoms with E-state index in [0.717, 1.165) is 18.4 Å². The van der Waals surface area contributed by atoms with Gasteiger partial charge in [0.05, 0.1) is 12.0 Å². The molecule has 27 heavy (non-hydrogen) atoms. The van der Waals surface area contributed by atoms with Gasteiger partial charge in [0, 0.05) is 18.5 Å². The number of hydrogen-bond acceptors (Lipinski definition) is 4. The summed E-state index contributed by atoms with van der Waals surface area (Å²) in [7, 11) is 0. The third kappa shape index (κ3) is 3.18. The summed E-state index contributed by atoms with van der Waals surface area (Å²) in [5.74, 6) is -0.323. The number of rotatable bonds is 0. The van der Waals surface area contributed by atoms with Gasteiger partial charge in [-0.1, -0.05) is 24.3 Å². The molecule has 2 N–H and O–H groups in total. The molecule has 3 aliphatic rings. The van der Waals surface area contributed by atoms with Crippen LogP contribution in [-0.4, -0.2) is 40.7 Å². The topological polar surface area (TPSA) is 70.7 Å². The molecule has 144 valence electrons. The fraction of sp³-hybridized carbons (Fsp3) is 0.550. The van der Waals surface area contributed by atoms with Crippen molar-refractivity contribution >= 4 is 29.3 Å². The molecule has 2 heterocycles. The molecule has 2 saturated heterocycles. The van der Waals surface area contributed by atoms with Crippen LogP contribution in [0.5, 0.6) is 0 Å². The standard InChI is InChI=1S/C20H25N3O3S/c1-19(2,3)26-18(25)23-9-8-20(11-23)10-12-6-4-5-7-13(12)15-14(20)16(24)22-17(27)21-15/h4-7,14-15H,8-11H2,1-3H3,(H2,21,22,24,27). The van der Waals surface area contributed by atoms with Crippen LogP contribution in [0.3, 0.4) is 0 Å². The number of nitrogens with one attached hydrogen (secondary N) is 2. The molecule has 0 radical (unpaired) electrons. The fourth-order valence-corrected chi connectivity index (χ4v) is 4.98. The normalized spacial score (nSPS) is 29.7. The third-order valence-electron chi connectivity index (χ3n) is 5.77. The lowest BCUT2D eigenvalue weighted by Gasteiger charge is -2.48. The smallest absolute Gasteiger partial charge is 0.410 e. The highest BCUT2D eigenvalue weighted by molar-refractivity contribution is 7.80. The number of amides is 2. The van der Waals surface area contributed by atoms with E-state index in [1.165, 1.54) is 5.56 Å². The minimum atomic E-state index is -0.537. The van der Waals surface area contributed by atoms with Crippen molar-refractivity contribution in [1.29, 1.82) is 0 Å². The van der Waals surface area contributed by atoms with Gasteiger partial charge < -0.3 is 20.3 Å². The van der Waals surface area contributed by atoms with Gasteiger partial charge in [0.25, 0.3) is 0 Å². The first kappa shape index (κ1) is 18.2. The van der Waals surface area contributed by atoms with Gasteiger partial charge in [-0.25, -0.2) is 4.79 Å². The van der Waals surface area contributed by atoms with Gasteiger partial charge in [-0.2, -0.15) is 0 Å². The van der Waals surface area contributed by atoms with E-state index in [9.17, 15) is 9.59 Å². The number of likely N-dealkylation sites (tertiary alicyclic amines) is 1. The summed E-state index contributed by atoms with van der Waals surface area (Å²) in [6.45, 7) is 6.70. The van der Waals surface area contributed by atoms with Gasteiger partial charge in [0.2, 0.25) is 5.91 Å². The second kappa shape index (κ2) is 6.19. The summed E-state index contributed by atoms with van der Waals surface area (Å²) in [4.78, 5) is 27.3. The summed E-state index contributed by atoms with van der Waals surface area (Å²) in [6.07, 6.45) is 1.23. The molecule has 3 unspecified atom stereocenters. The van der Waals surface area contributed by atoms with Crippen LogP contribution in [0.25, 0.3) is 0 Å². The van der Waals surface area contributed by atoms with E-state index in [1.807, 2.05) is 32.9 Å². The minimum Gasteiger partial charge on any atom is -0.444 e. The molecule has 0 saturated carbocycles. The maximum Gasteiger partial charge on any atom is 0.410 e. The molecular weight excluding hydrogens is 362 g/mol. The molecule has 7 heteroatoms. The van der Waals surface area contributed by atoms with Crippen LogP contribution in [0.1, 0.15) is 44.4 Å². The van der Waals surface area contributed by atoms with Crippen molar-refractivity contribution < 1.29 is 14.3 Å². The number of nitrogens with zero attached hydrogens (tertiary/aromatic N) is 1. The second-order valence-corrected chi connectivity index (χ2v) is 9.22. The van der Waals surface area contributed by atoms with E-state index in [0.29, 0.717) is 18.2 Å². The fourth-order valence-electron chi connectivity index (χ4n) is 4.75. The number of hydrogen-bond donors (Lipinski definition) is 2. The van der Waals surface area contributed by atoms with Crippen LogP contribution < -0.4 is 10.6 Å². The molecule has 0 aromatic heterocycles. The summed E-state index contributed by atoms with van der Waals surface area (Å²) in [6, 6.07) is 8.03. The Balaban J connectivity index is 1.68. The van der Waals surface area contributed by atoms with Gasteiger partial charge in [0.1, 0.15) is 5.60 Å². The van der Waals surface area contributed by atoms with E-state index >= 15 is 0 Å². The maximum absolute atomic E-state index is 12.9. The van der Waals surface area contributed by atoms with Crippen molar-refractivity contribution in [2.24, 2.45) is 11.3 Å². The molecule has 2 fully saturated rings. The largest absolute Gasteiger partial charge is 0.444 e. The van der Waals surface area contributed by atoms with Crippen LogP contribution in [0, 0.1) is 11.3 Å². The van der Waals surface area contributed by atoms with Crippen LogP contribution in [0.4, 0.5) is 4.79 Å². The lowest BCUT2D eigenvalue weighted by molar-refractivity contribution is -0.131. The molecule has 0 bridgehead atoms. The van der Waals surface area contributed by atoms with Crippen molar-refractivity contribution in [3.63, 3.8) is 0 Å². The molecule has 1 spiro atoms. The highest BCUT2D eigenvalue weighted by Crippen LogP contribution is 2.52. The van der Waals surface area contributed by atoms with Crippen molar-refractivity contribution in [3.05, 3.63) is 35.4 Å². The summed E-state index contributed by atoms with van der Waals surface area (Å²) in [5.41, 5.74) is 1.49. The quantitative estimate of drug-likeness (QED) is 0.670. The number of carbonyl (C=O) groups is 2. The predicted octanol–water partition coefficient (Wildman–Crippen LogP) is 2.53. The molecule has 3 atom stereocenters. The Labute approximate surface area is 164 Å². The summed E-state index contributed by atoms with van der Waals surface area (Å²) >= 11 is 5.24. The molecule has 6 nitrogen and oxygen atoms in total. The molecule has 1 aromatic carbocycles. The van der Waals surface area contributed by atoms with Gasteiger partial charge in [-0.05, 0) is 57.0 Å². The van der Waals surface area contributed by atoms with E-state index in [-0.39, 0.29) is 29.4 Å². The molecule has 1 aliphatic carbocycles. The van der Waals surface area contributed by atoms with E-state index < -0.39 is 5.60 Å². The van der Waals surface area contributed by atoms with Crippen molar-refractivity contribution in [3.8, 4) is 0 Å². The van der Waals surface area contributed by atoms with E-state index in [1.54, 1.807) is 4.90 Å². The molecule has 2 amide bonds. The average molecular weight is 388 g/mol. The van der Waals surface area contributed by atoms with Gasteiger partial charge in [-0.3, -0.25) is 4.79 Å². The maximum atomic E-state index is 12.9. The Morgan fingerprint density at radius 3 is 2.81 bits per heavy atom. The first-order chi connectivity index (χ1) is 12.7. The SMILES string of the molecule is CC(C)(C)OC(=O)N1CCC2(Cc3ccccc3C3NC(=S)NC(=O)C32)C1. The van der Waals surface area contributed by atoms with Crippen molar-refractivity contribution in [1.82, 2.24) is 15.5 Å². The van der Waals surface area contributed by atoms with E-state index in [2.05, 4.69) is 22.8 Å². The Bertz CT molecular complexity index is 819. The average Bonchev–Trinajstić information content (AvgIpc) is 2.97. The minimum absolute atomic E-state index is 0.0516. The monoisotopic (exact) mass is 387 g/mol. The Morgan fingerprint density at radius 1 is 1.33 bits per heavy atom. The third-order valence-corrected chi connectivity index (χ3v) is 5.99. The predicted molar refractivity (Wildman–Crippen MR) is 105 cm³/mol. The Morgan fingerprint density at radius 2 is 2.07 bits per heavy atom. The highest BCUT2D eigenvalue weighted by Gasteiger charge is 2.56. The zero-order valence-corrected chi connectivity index (χ0v) is 16.7. The summed E-state index contributed by atoms with van der Waals surface area (Å²) in [5, 5.41) is 6.46. The number of carbonyl (C=O) groups excluding carboxylic acids is 2. The van der Waals surface area contributed by atoms with Crippen molar-refractivity contribution in [2.45, 2.75) is 45.3 Å². The van der Waals surface area contributed by atoms with Crippen molar-refractivity contribution in [2.75, 3.05) is 13.1 Å². The van der Waals surface area contributed by atoms with Gasteiger partial charge in [0.15, 0.2) is 5.11 Å². The number of benzene rings is 1. The van der Waals surface area contributed by atoms with Gasteiger partial charge in [-0.15, -0.1) is 0 Å². The lowest BCUT2D eigenvalue weighted by atomic mass is 9.61.